The molecule has 3 N–H and O–H groups in total. The van der Waals surface area contributed by atoms with Crippen LogP contribution in [0.15, 0.2) is 23.1 Å². The van der Waals surface area contributed by atoms with Gasteiger partial charge in [-0.2, -0.15) is 13.2 Å². The lowest BCUT2D eigenvalue weighted by atomic mass is 10.0. The van der Waals surface area contributed by atoms with Crippen molar-refractivity contribution in [1.29, 1.82) is 0 Å². The minimum Gasteiger partial charge on any atom is -0.327 e. The molecule has 1 rings (SSSR count). The van der Waals surface area contributed by atoms with Crippen LogP contribution >= 0.6 is 24.2 Å². The van der Waals surface area contributed by atoms with Crippen molar-refractivity contribution in [2.75, 3.05) is 11.1 Å². The number of carbonyl (C=O) groups is 1. The van der Waals surface area contributed by atoms with Crippen LogP contribution in [0.1, 0.15) is 19.4 Å². The maximum absolute atomic E-state index is 12.8. The van der Waals surface area contributed by atoms with Crippen LogP contribution in [0.4, 0.5) is 27.6 Å². The molecule has 0 spiro atoms. The molecule has 10 heteroatoms. The molecule has 0 saturated carbocycles. The van der Waals surface area contributed by atoms with E-state index in [1.165, 1.54) is 6.92 Å². The van der Waals surface area contributed by atoms with Crippen molar-refractivity contribution >= 4 is 35.8 Å². The molecule has 0 saturated heterocycles. The summed E-state index contributed by atoms with van der Waals surface area (Å²) in [4.78, 5) is 12.1. The molecule has 1 amide bonds. The van der Waals surface area contributed by atoms with Crippen LogP contribution in [0.25, 0.3) is 0 Å². The van der Waals surface area contributed by atoms with Gasteiger partial charge in [-0.25, -0.2) is 8.78 Å². The summed E-state index contributed by atoms with van der Waals surface area (Å²) in [5, 5.41) is 2.34. The number of carbonyl (C=O) groups excluding carboxylic acids is 1. The molecule has 0 aliphatic carbocycles. The largest absolute Gasteiger partial charge is 0.416 e. The van der Waals surface area contributed by atoms with Crippen molar-refractivity contribution in [3.05, 3.63) is 23.8 Å². The van der Waals surface area contributed by atoms with Crippen molar-refractivity contribution in [2.24, 2.45) is 11.7 Å². The number of rotatable bonds is 6. The molecule has 3 nitrogen and oxygen atoms in total. The second kappa shape index (κ2) is 9.43. The van der Waals surface area contributed by atoms with Crippen LogP contribution in [0.5, 0.6) is 0 Å². The summed E-state index contributed by atoms with van der Waals surface area (Å²) < 4.78 is 63.0. The molecule has 0 bridgehead atoms. The molecular formula is C14H18ClF5N2OS. The second-order valence-electron chi connectivity index (χ2n) is 5.05. The smallest absolute Gasteiger partial charge is 0.327 e. The van der Waals surface area contributed by atoms with Crippen molar-refractivity contribution in [3.8, 4) is 0 Å². The Balaban J connectivity index is 0.00000529. The summed E-state index contributed by atoms with van der Waals surface area (Å²) in [5.74, 6) is -1.80. The Morgan fingerprint density at radius 3 is 2.33 bits per heavy atom. The fourth-order valence-electron chi connectivity index (χ4n) is 1.57. The van der Waals surface area contributed by atoms with Gasteiger partial charge in [-0.1, -0.05) is 6.92 Å². The number of hydrogen-bond acceptors (Lipinski definition) is 3. The molecule has 24 heavy (non-hydrogen) atoms. The van der Waals surface area contributed by atoms with E-state index in [9.17, 15) is 26.7 Å². The van der Waals surface area contributed by atoms with Crippen LogP contribution in [0.2, 0.25) is 0 Å². The SMILES string of the molecule is CC(N)C(C)C(=O)Nc1cc(C(F)(F)F)ccc1SCC(F)F.Cl. The van der Waals surface area contributed by atoms with Gasteiger partial charge in [0.15, 0.2) is 0 Å². The number of amides is 1. The molecule has 0 fully saturated rings. The Morgan fingerprint density at radius 1 is 1.29 bits per heavy atom. The number of thioether (sulfide) groups is 1. The lowest BCUT2D eigenvalue weighted by molar-refractivity contribution is -0.137. The molecule has 2 atom stereocenters. The van der Waals surface area contributed by atoms with Gasteiger partial charge in [-0.05, 0) is 25.1 Å². The summed E-state index contributed by atoms with van der Waals surface area (Å²) in [7, 11) is 0. The van der Waals surface area contributed by atoms with Gasteiger partial charge in [0.25, 0.3) is 0 Å². The number of nitrogens with two attached hydrogens (primary N) is 1. The quantitative estimate of drug-likeness (QED) is 0.557. The Labute approximate surface area is 147 Å². The number of benzene rings is 1. The summed E-state index contributed by atoms with van der Waals surface area (Å²) in [6, 6.07) is 2.10. The zero-order valence-corrected chi connectivity index (χ0v) is 14.5. The van der Waals surface area contributed by atoms with Crippen LogP contribution in [-0.2, 0) is 11.0 Å². The zero-order chi connectivity index (χ0) is 17.8. The first-order chi connectivity index (χ1) is 10.5. The third-order valence-electron chi connectivity index (χ3n) is 3.13. The van der Waals surface area contributed by atoms with Gasteiger partial charge in [-0.15, -0.1) is 24.2 Å². The highest BCUT2D eigenvalue weighted by atomic mass is 35.5. The molecule has 0 aliphatic heterocycles. The Bertz CT molecular complexity index is 554. The Kier molecular flexibility index (Phi) is 9.01. The van der Waals surface area contributed by atoms with Gasteiger partial charge in [-0.3, -0.25) is 4.79 Å². The Morgan fingerprint density at radius 2 is 1.88 bits per heavy atom. The molecule has 2 unspecified atom stereocenters. The molecule has 0 aliphatic rings. The predicted molar refractivity (Wildman–Crippen MR) is 86.9 cm³/mol. The molecule has 0 heterocycles. The van der Waals surface area contributed by atoms with E-state index in [1.807, 2.05) is 0 Å². The maximum atomic E-state index is 12.8. The van der Waals surface area contributed by atoms with E-state index >= 15 is 0 Å². The van der Waals surface area contributed by atoms with E-state index in [4.69, 9.17) is 5.73 Å². The van der Waals surface area contributed by atoms with Gasteiger partial charge < -0.3 is 11.1 Å². The lowest BCUT2D eigenvalue weighted by Gasteiger charge is -2.18. The van der Waals surface area contributed by atoms with Crippen LogP contribution in [0.3, 0.4) is 0 Å². The van der Waals surface area contributed by atoms with Crippen LogP contribution in [-0.4, -0.2) is 24.1 Å². The lowest BCUT2D eigenvalue weighted by Crippen LogP contribution is -2.34. The van der Waals surface area contributed by atoms with Gasteiger partial charge in [0.1, 0.15) is 0 Å². The number of halogens is 6. The van der Waals surface area contributed by atoms with E-state index in [0.717, 1.165) is 18.2 Å². The van der Waals surface area contributed by atoms with Gasteiger partial charge in [0.05, 0.1) is 22.9 Å². The summed E-state index contributed by atoms with van der Waals surface area (Å²) >= 11 is 0.673. The number of nitrogens with one attached hydrogen (secondary N) is 1. The first-order valence-corrected chi connectivity index (χ1v) is 7.69. The van der Waals surface area contributed by atoms with E-state index in [0.29, 0.717) is 11.8 Å². The summed E-state index contributed by atoms with van der Waals surface area (Å²) in [5.41, 5.74) is 4.46. The topological polar surface area (TPSA) is 55.1 Å². The molecule has 138 valence electrons. The number of anilines is 1. The minimum absolute atomic E-state index is 0. The van der Waals surface area contributed by atoms with Crippen molar-refractivity contribution < 1.29 is 26.7 Å². The van der Waals surface area contributed by atoms with Crippen molar-refractivity contribution in [2.45, 2.75) is 37.4 Å². The van der Waals surface area contributed by atoms with Crippen LogP contribution < -0.4 is 11.1 Å². The highest BCUT2D eigenvalue weighted by Gasteiger charge is 2.31. The van der Waals surface area contributed by atoms with Gasteiger partial charge >= 0.3 is 6.18 Å². The minimum atomic E-state index is -4.60. The summed E-state index contributed by atoms with van der Waals surface area (Å²) in [6.07, 6.45) is -7.22. The van der Waals surface area contributed by atoms with Crippen LogP contribution in [0, 0.1) is 5.92 Å². The first kappa shape index (κ1) is 22.9. The van der Waals surface area contributed by atoms with E-state index in [-0.39, 0.29) is 23.0 Å². The van der Waals surface area contributed by atoms with E-state index < -0.39 is 41.8 Å². The van der Waals surface area contributed by atoms with Gasteiger partial charge in [0.2, 0.25) is 12.3 Å². The molecular weight excluding hydrogens is 375 g/mol. The average molecular weight is 393 g/mol. The third-order valence-corrected chi connectivity index (χ3v) is 4.22. The fraction of sp³-hybridized carbons (Fsp3) is 0.500. The highest BCUT2D eigenvalue weighted by Crippen LogP contribution is 2.36. The molecule has 1 aromatic carbocycles. The van der Waals surface area contributed by atoms with E-state index in [2.05, 4.69) is 5.32 Å². The standard InChI is InChI=1S/C14H17F5N2OS.ClH/c1-7(8(2)20)13(22)21-10-5-9(14(17,18)19)3-4-11(10)23-6-12(15)16;/h3-5,7-8,12H,6,20H2,1-2H3,(H,21,22);1H. The average Bonchev–Trinajstić information content (AvgIpc) is 2.43. The van der Waals surface area contributed by atoms with E-state index in [1.54, 1.807) is 6.92 Å². The zero-order valence-electron chi connectivity index (χ0n) is 12.9. The monoisotopic (exact) mass is 392 g/mol. The van der Waals surface area contributed by atoms with Gasteiger partial charge in [0, 0.05) is 10.9 Å². The number of alkyl halides is 5. The highest BCUT2D eigenvalue weighted by molar-refractivity contribution is 7.99. The normalized spacial score (nSPS) is 14.0. The maximum Gasteiger partial charge on any atom is 0.416 e. The molecule has 0 aromatic heterocycles. The predicted octanol–water partition coefficient (Wildman–Crippen LogP) is 4.41. The Hall–Kier alpha value is -1.06. The number of hydrogen-bond donors (Lipinski definition) is 2. The van der Waals surface area contributed by atoms with Crippen molar-refractivity contribution in [1.82, 2.24) is 0 Å². The summed E-state index contributed by atoms with van der Waals surface area (Å²) in [6.45, 7) is 3.11. The second-order valence-corrected chi connectivity index (χ2v) is 6.11. The molecule has 0 radical (unpaired) electrons. The first-order valence-electron chi connectivity index (χ1n) is 6.71. The molecule has 1 aromatic rings. The third kappa shape index (κ3) is 6.82. The fourth-order valence-corrected chi connectivity index (χ4v) is 2.30. The van der Waals surface area contributed by atoms with Crippen molar-refractivity contribution in [3.63, 3.8) is 0 Å².